The van der Waals surface area contributed by atoms with Gasteiger partial charge in [-0.15, -0.1) is 0 Å². The van der Waals surface area contributed by atoms with Crippen LogP contribution >= 0.6 is 0 Å². The van der Waals surface area contributed by atoms with Crippen LogP contribution in [0, 0.1) is 0 Å². The van der Waals surface area contributed by atoms with Gasteiger partial charge in [0.25, 0.3) is 0 Å². The Bertz CT molecular complexity index is 569. The zero-order valence-electron chi connectivity index (χ0n) is 14.1. The van der Waals surface area contributed by atoms with Gasteiger partial charge < -0.3 is 20.5 Å². The van der Waals surface area contributed by atoms with Gasteiger partial charge in [0.15, 0.2) is 0 Å². The number of carbonyl (C=O) groups excluding carboxylic acids is 1. The van der Waals surface area contributed by atoms with Crippen LogP contribution in [0.15, 0.2) is 18.2 Å². The Hall–Kier alpha value is -1.96. The van der Waals surface area contributed by atoms with Crippen LogP contribution in [0.5, 0.6) is 5.75 Å². The first-order chi connectivity index (χ1) is 10.9. The third kappa shape index (κ3) is 6.66. The maximum Gasteiger partial charge on any atom is 0.416 e. The van der Waals surface area contributed by atoms with E-state index in [1.54, 1.807) is 27.7 Å². The summed E-state index contributed by atoms with van der Waals surface area (Å²) >= 11 is 0. The Morgan fingerprint density at radius 1 is 1.29 bits per heavy atom. The number of halogens is 3. The molecule has 1 aromatic carbocycles. The van der Waals surface area contributed by atoms with Gasteiger partial charge in [-0.1, -0.05) is 6.07 Å². The predicted molar refractivity (Wildman–Crippen MR) is 83.7 cm³/mol. The fourth-order valence-corrected chi connectivity index (χ4v) is 1.89. The lowest BCUT2D eigenvalue weighted by Gasteiger charge is -2.23. The molecule has 0 aromatic heterocycles. The van der Waals surface area contributed by atoms with Crippen molar-refractivity contribution in [3.05, 3.63) is 29.3 Å². The Balaban J connectivity index is 2.92. The third-order valence-electron chi connectivity index (χ3n) is 2.90. The molecular formula is C16H23F3N2O3. The van der Waals surface area contributed by atoms with Gasteiger partial charge in [-0.25, -0.2) is 4.79 Å². The summed E-state index contributed by atoms with van der Waals surface area (Å²) in [6, 6.07) is 2.50. The van der Waals surface area contributed by atoms with E-state index in [1.165, 1.54) is 12.1 Å². The van der Waals surface area contributed by atoms with Gasteiger partial charge in [0.05, 0.1) is 18.2 Å². The standard InChI is InChI=1S/C16H23F3N2O3/c1-10(9-22)21-14(23)20-8-11-5-6-12(24-15(2,3)4)7-13(11)16(17,18)19/h5-7,10,22H,8-9H2,1-4H3,(H2,20,21,23). The molecule has 1 aromatic rings. The zero-order chi connectivity index (χ0) is 18.5. The highest BCUT2D eigenvalue weighted by atomic mass is 19.4. The van der Waals surface area contributed by atoms with Crippen molar-refractivity contribution in [2.24, 2.45) is 0 Å². The van der Waals surface area contributed by atoms with Crippen molar-refractivity contribution in [3.63, 3.8) is 0 Å². The predicted octanol–water partition coefficient (Wildman–Crippen LogP) is 3.06. The highest BCUT2D eigenvalue weighted by Gasteiger charge is 2.34. The highest BCUT2D eigenvalue weighted by molar-refractivity contribution is 5.74. The second-order valence-electron chi connectivity index (χ2n) is 6.44. The normalized spacial score (nSPS) is 13.3. The molecule has 24 heavy (non-hydrogen) atoms. The van der Waals surface area contributed by atoms with Gasteiger partial charge in [0, 0.05) is 6.54 Å². The number of carbonyl (C=O) groups is 1. The average Bonchev–Trinajstić information content (AvgIpc) is 2.43. The minimum absolute atomic E-state index is 0.0736. The van der Waals surface area contributed by atoms with Gasteiger partial charge in [-0.2, -0.15) is 13.2 Å². The van der Waals surface area contributed by atoms with E-state index in [4.69, 9.17) is 9.84 Å². The van der Waals surface area contributed by atoms with E-state index in [-0.39, 0.29) is 24.5 Å². The molecule has 8 heteroatoms. The van der Waals surface area contributed by atoms with Crippen LogP contribution in [0.4, 0.5) is 18.0 Å². The minimum Gasteiger partial charge on any atom is -0.488 e. The second-order valence-corrected chi connectivity index (χ2v) is 6.44. The maximum absolute atomic E-state index is 13.2. The number of hydrogen-bond donors (Lipinski definition) is 3. The first-order valence-electron chi connectivity index (χ1n) is 7.46. The summed E-state index contributed by atoms with van der Waals surface area (Å²) < 4.78 is 45.2. The molecule has 136 valence electrons. The molecule has 0 spiro atoms. The van der Waals surface area contributed by atoms with E-state index in [2.05, 4.69) is 10.6 Å². The molecule has 0 aliphatic carbocycles. The summed E-state index contributed by atoms with van der Waals surface area (Å²) in [7, 11) is 0. The van der Waals surface area contributed by atoms with Gasteiger partial charge in [-0.3, -0.25) is 0 Å². The van der Waals surface area contributed by atoms with Gasteiger partial charge in [0.1, 0.15) is 11.4 Å². The van der Waals surface area contributed by atoms with E-state index in [9.17, 15) is 18.0 Å². The van der Waals surface area contributed by atoms with Gasteiger partial charge in [0.2, 0.25) is 0 Å². The quantitative estimate of drug-likeness (QED) is 0.766. The number of aliphatic hydroxyl groups is 1. The molecule has 0 fully saturated rings. The maximum atomic E-state index is 13.2. The number of nitrogens with one attached hydrogen (secondary N) is 2. The highest BCUT2D eigenvalue weighted by Crippen LogP contribution is 2.35. The number of ether oxygens (including phenoxy) is 1. The van der Waals surface area contributed by atoms with E-state index >= 15 is 0 Å². The molecule has 0 bridgehead atoms. The van der Waals surface area contributed by atoms with Crippen LogP contribution in [0.25, 0.3) is 0 Å². The molecule has 1 rings (SSSR count). The molecule has 1 atom stereocenters. The van der Waals surface area contributed by atoms with Crippen molar-refractivity contribution in [1.29, 1.82) is 0 Å². The van der Waals surface area contributed by atoms with E-state index in [1.807, 2.05) is 0 Å². The molecule has 1 unspecified atom stereocenters. The molecule has 5 nitrogen and oxygen atoms in total. The number of hydrogen-bond acceptors (Lipinski definition) is 3. The summed E-state index contributed by atoms with van der Waals surface area (Å²) in [4.78, 5) is 11.6. The lowest BCUT2D eigenvalue weighted by Crippen LogP contribution is -2.42. The zero-order valence-corrected chi connectivity index (χ0v) is 14.1. The molecule has 2 amide bonds. The molecule has 0 saturated carbocycles. The lowest BCUT2D eigenvalue weighted by molar-refractivity contribution is -0.138. The first-order valence-corrected chi connectivity index (χ1v) is 7.46. The second kappa shape index (κ2) is 7.74. The van der Waals surface area contributed by atoms with E-state index in [0.29, 0.717) is 0 Å². The van der Waals surface area contributed by atoms with E-state index in [0.717, 1.165) is 6.07 Å². The first kappa shape index (κ1) is 20.1. The van der Waals surface area contributed by atoms with Crippen molar-refractivity contribution in [1.82, 2.24) is 10.6 Å². The molecule has 0 aliphatic rings. The monoisotopic (exact) mass is 348 g/mol. The Morgan fingerprint density at radius 3 is 2.42 bits per heavy atom. The van der Waals surface area contributed by atoms with E-state index < -0.39 is 29.4 Å². The number of rotatable bonds is 5. The fourth-order valence-electron chi connectivity index (χ4n) is 1.89. The van der Waals surface area contributed by atoms with Crippen molar-refractivity contribution in [2.45, 2.75) is 52.1 Å². The topological polar surface area (TPSA) is 70.6 Å². The summed E-state index contributed by atoms with van der Waals surface area (Å²) in [6.45, 7) is 6.22. The smallest absolute Gasteiger partial charge is 0.416 e. The number of benzene rings is 1. The molecule has 0 radical (unpaired) electrons. The van der Waals surface area contributed by atoms with Crippen molar-refractivity contribution >= 4 is 6.03 Å². The SMILES string of the molecule is CC(CO)NC(=O)NCc1ccc(OC(C)(C)C)cc1C(F)(F)F. The van der Waals surface area contributed by atoms with Gasteiger partial charge >= 0.3 is 12.2 Å². The molecular weight excluding hydrogens is 325 g/mol. The number of aliphatic hydroxyl groups excluding tert-OH is 1. The summed E-state index contributed by atoms with van der Waals surface area (Å²) in [6.07, 6.45) is -4.57. The molecule has 3 N–H and O–H groups in total. The third-order valence-corrected chi connectivity index (χ3v) is 2.90. The van der Waals surface area contributed by atoms with Crippen molar-refractivity contribution in [2.75, 3.05) is 6.61 Å². The van der Waals surface area contributed by atoms with Crippen LogP contribution in [-0.2, 0) is 12.7 Å². The van der Waals surface area contributed by atoms with Crippen LogP contribution in [0.3, 0.4) is 0 Å². The van der Waals surface area contributed by atoms with Crippen LogP contribution < -0.4 is 15.4 Å². The molecule has 0 aliphatic heterocycles. The Labute approximate surface area is 139 Å². The van der Waals surface area contributed by atoms with Crippen molar-refractivity contribution < 1.29 is 27.8 Å². The largest absolute Gasteiger partial charge is 0.488 e. The average molecular weight is 348 g/mol. The fraction of sp³-hybridized carbons (Fsp3) is 0.562. The Kier molecular flexibility index (Phi) is 6.48. The minimum atomic E-state index is -4.57. The van der Waals surface area contributed by atoms with Gasteiger partial charge in [-0.05, 0) is 45.4 Å². The summed E-state index contributed by atoms with van der Waals surface area (Å²) in [5.41, 5.74) is -1.56. The molecule has 0 saturated heterocycles. The van der Waals surface area contributed by atoms with Crippen LogP contribution in [0.2, 0.25) is 0 Å². The van der Waals surface area contributed by atoms with Crippen molar-refractivity contribution in [3.8, 4) is 5.75 Å². The number of urea groups is 1. The summed E-state index contributed by atoms with van der Waals surface area (Å²) in [5, 5.41) is 13.6. The van der Waals surface area contributed by atoms with Crippen LogP contribution in [0.1, 0.15) is 38.8 Å². The molecule has 0 heterocycles. The van der Waals surface area contributed by atoms with Crippen LogP contribution in [-0.4, -0.2) is 29.4 Å². The summed E-state index contributed by atoms with van der Waals surface area (Å²) in [5.74, 6) is 0.108. The lowest BCUT2D eigenvalue weighted by atomic mass is 10.1. The Morgan fingerprint density at radius 2 is 1.92 bits per heavy atom. The number of amides is 2. The number of alkyl halides is 3.